The number of nitrogens with two attached hydrogens (primary N) is 1. The van der Waals surface area contributed by atoms with Crippen molar-refractivity contribution in [3.8, 4) is 5.75 Å². The molecule has 0 radical (unpaired) electrons. The molecule has 180 valence electrons. The maximum Gasteiger partial charge on any atom is 0.240 e. The minimum Gasteiger partial charge on any atom is -0.492 e. The van der Waals surface area contributed by atoms with Gasteiger partial charge in [-0.05, 0) is 44.4 Å². The predicted molar refractivity (Wildman–Crippen MR) is 121 cm³/mol. The molecule has 1 unspecified atom stereocenters. The lowest BCUT2D eigenvalue weighted by molar-refractivity contribution is -0.136. The van der Waals surface area contributed by atoms with Crippen molar-refractivity contribution in [3.05, 3.63) is 29.6 Å². The number of ether oxygens (including phenoxy) is 1. The molecule has 1 rings (SSSR count). The van der Waals surface area contributed by atoms with Crippen LogP contribution >= 0.6 is 0 Å². The van der Waals surface area contributed by atoms with Gasteiger partial charge in [0.25, 0.3) is 0 Å². The summed E-state index contributed by atoms with van der Waals surface area (Å²) < 4.78 is 19.0. The number of amides is 3. The Labute approximate surface area is 189 Å². The van der Waals surface area contributed by atoms with Crippen molar-refractivity contribution in [1.82, 2.24) is 20.9 Å². The van der Waals surface area contributed by atoms with Crippen LogP contribution in [-0.2, 0) is 14.4 Å². The quantitative estimate of drug-likeness (QED) is 0.283. The lowest BCUT2D eigenvalue weighted by Gasteiger charge is -2.24. The Morgan fingerprint density at radius 3 is 2.62 bits per heavy atom. The van der Waals surface area contributed by atoms with Gasteiger partial charge in [0.2, 0.25) is 17.7 Å². The summed E-state index contributed by atoms with van der Waals surface area (Å²) >= 11 is 0. The van der Waals surface area contributed by atoms with Gasteiger partial charge in [-0.1, -0.05) is 13.0 Å². The van der Waals surface area contributed by atoms with Gasteiger partial charge in [0.05, 0.1) is 19.1 Å². The largest absolute Gasteiger partial charge is 0.492 e. The molecule has 32 heavy (non-hydrogen) atoms. The van der Waals surface area contributed by atoms with Gasteiger partial charge < -0.3 is 31.3 Å². The van der Waals surface area contributed by atoms with Gasteiger partial charge in [-0.2, -0.15) is 0 Å². The summed E-state index contributed by atoms with van der Waals surface area (Å²) in [5, 5.41) is 8.29. The number of likely N-dealkylation sites (N-methyl/N-ethyl adjacent to an activating group) is 1. The summed E-state index contributed by atoms with van der Waals surface area (Å²) in [5.74, 6) is -0.878. The van der Waals surface area contributed by atoms with Crippen molar-refractivity contribution in [2.45, 2.75) is 39.2 Å². The molecule has 1 atom stereocenters. The Hall–Kier alpha value is -2.72. The molecule has 0 aliphatic heterocycles. The molecule has 3 amide bonds. The zero-order valence-electron chi connectivity index (χ0n) is 19.2. The third kappa shape index (κ3) is 10.5. The summed E-state index contributed by atoms with van der Waals surface area (Å²) in [6.07, 6.45) is 1.94. The molecule has 0 aliphatic rings. The third-order valence-electron chi connectivity index (χ3n) is 4.67. The van der Waals surface area contributed by atoms with E-state index in [0.29, 0.717) is 38.2 Å². The molecule has 0 aliphatic carbocycles. The van der Waals surface area contributed by atoms with E-state index in [4.69, 9.17) is 10.5 Å². The van der Waals surface area contributed by atoms with Crippen LogP contribution in [0.3, 0.4) is 0 Å². The van der Waals surface area contributed by atoms with Gasteiger partial charge >= 0.3 is 0 Å². The lowest BCUT2D eigenvalue weighted by Crippen LogP contribution is -2.49. The fourth-order valence-electron chi connectivity index (χ4n) is 2.88. The van der Waals surface area contributed by atoms with Crippen LogP contribution in [-0.4, -0.2) is 75.0 Å². The smallest absolute Gasteiger partial charge is 0.240 e. The van der Waals surface area contributed by atoms with Gasteiger partial charge in [0.1, 0.15) is 18.2 Å². The Morgan fingerprint density at radius 1 is 1.19 bits per heavy atom. The summed E-state index contributed by atoms with van der Waals surface area (Å²) in [6.45, 7) is 5.03. The van der Waals surface area contributed by atoms with Crippen molar-refractivity contribution in [2.75, 3.05) is 46.4 Å². The summed E-state index contributed by atoms with van der Waals surface area (Å²) in [5.41, 5.74) is 6.40. The van der Waals surface area contributed by atoms with Crippen molar-refractivity contribution >= 4 is 17.7 Å². The Kier molecular flexibility index (Phi) is 12.9. The zero-order valence-corrected chi connectivity index (χ0v) is 19.2. The number of hydrogen-bond acceptors (Lipinski definition) is 6. The van der Waals surface area contributed by atoms with Gasteiger partial charge in [-0.3, -0.25) is 14.4 Å². The number of carbonyl (C=O) groups excluding carboxylic acids is 3. The molecule has 0 heterocycles. The predicted octanol–water partition coefficient (Wildman–Crippen LogP) is 0.311. The van der Waals surface area contributed by atoms with E-state index in [-0.39, 0.29) is 37.3 Å². The second-order valence-corrected chi connectivity index (χ2v) is 7.52. The highest BCUT2D eigenvalue weighted by Crippen LogP contribution is 2.18. The molecule has 1 aromatic rings. The summed E-state index contributed by atoms with van der Waals surface area (Å²) in [4.78, 5) is 37.8. The molecule has 0 bridgehead atoms. The van der Waals surface area contributed by atoms with Crippen molar-refractivity contribution in [1.29, 1.82) is 0 Å². The number of carbonyl (C=O) groups is 3. The fourth-order valence-corrected chi connectivity index (χ4v) is 2.88. The van der Waals surface area contributed by atoms with Crippen LogP contribution in [0.2, 0.25) is 0 Å². The summed E-state index contributed by atoms with van der Waals surface area (Å²) in [7, 11) is 1.53. The van der Waals surface area contributed by atoms with Crippen LogP contribution in [0.1, 0.15) is 31.7 Å². The van der Waals surface area contributed by atoms with Crippen LogP contribution in [0.4, 0.5) is 4.39 Å². The minimum absolute atomic E-state index is 0.132. The molecule has 0 saturated heterocycles. The molecule has 0 aromatic heterocycles. The molecule has 9 nitrogen and oxygen atoms in total. The number of aryl methyl sites for hydroxylation is 1. The molecule has 5 N–H and O–H groups in total. The van der Waals surface area contributed by atoms with Crippen molar-refractivity contribution < 1.29 is 23.5 Å². The van der Waals surface area contributed by atoms with Gasteiger partial charge in [0.15, 0.2) is 0 Å². The van der Waals surface area contributed by atoms with E-state index >= 15 is 0 Å². The summed E-state index contributed by atoms with van der Waals surface area (Å²) in [6, 6.07) is 3.79. The highest BCUT2D eigenvalue weighted by molar-refractivity contribution is 5.89. The van der Waals surface area contributed by atoms with Crippen molar-refractivity contribution in [3.63, 3.8) is 0 Å². The second kappa shape index (κ2) is 15.1. The van der Waals surface area contributed by atoms with E-state index in [0.717, 1.165) is 12.0 Å². The third-order valence-corrected chi connectivity index (χ3v) is 4.67. The van der Waals surface area contributed by atoms with E-state index in [1.807, 2.05) is 13.8 Å². The number of rotatable bonds is 15. The molecule has 0 saturated carbocycles. The first-order valence-corrected chi connectivity index (χ1v) is 10.9. The Morgan fingerprint density at radius 2 is 1.94 bits per heavy atom. The monoisotopic (exact) mass is 453 g/mol. The fraction of sp³-hybridized carbons (Fsp3) is 0.591. The Balaban J connectivity index is 2.50. The average molecular weight is 454 g/mol. The topological polar surface area (TPSA) is 126 Å². The number of hydrogen-bond donors (Lipinski definition) is 4. The Bertz CT molecular complexity index is 747. The van der Waals surface area contributed by atoms with Crippen LogP contribution in [0.25, 0.3) is 0 Å². The molecular formula is C22H36FN5O4. The first-order valence-electron chi connectivity index (χ1n) is 10.9. The maximum atomic E-state index is 13.4. The maximum absolute atomic E-state index is 13.4. The van der Waals surface area contributed by atoms with E-state index in [1.165, 1.54) is 24.1 Å². The highest BCUT2D eigenvalue weighted by Gasteiger charge is 2.23. The first kappa shape index (κ1) is 27.3. The van der Waals surface area contributed by atoms with Crippen LogP contribution < -0.4 is 26.4 Å². The van der Waals surface area contributed by atoms with E-state index in [2.05, 4.69) is 16.0 Å². The van der Waals surface area contributed by atoms with Crippen LogP contribution in [0.5, 0.6) is 5.75 Å². The molecule has 1 aromatic carbocycles. The van der Waals surface area contributed by atoms with Gasteiger partial charge in [-0.15, -0.1) is 0 Å². The normalized spacial score (nSPS) is 11.5. The standard InChI is InChI=1S/C22H36FN5O4/c1-4-10-26-20(29)14-27-21(30)15-28(3)22(31)18(6-5-9-24)25-11-12-32-19-13-17(23)8-7-16(19)2/h7-8,13,18,25H,4-6,9-12,14-15,24H2,1-3H3,(H,26,29)(H,27,30). The number of nitrogens with zero attached hydrogens (tertiary/aromatic N) is 1. The van der Waals surface area contributed by atoms with Gasteiger partial charge in [-0.25, -0.2) is 4.39 Å². The van der Waals surface area contributed by atoms with Crippen LogP contribution in [0, 0.1) is 12.7 Å². The van der Waals surface area contributed by atoms with E-state index in [1.54, 1.807) is 6.07 Å². The average Bonchev–Trinajstić information content (AvgIpc) is 2.77. The zero-order chi connectivity index (χ0) is 23.9. The SMILES string of the molecule is CCCNC(=O)CNC(=O)CN(C)C(=O)C(CCCN)NCCOc1cc(F)ccc1C. The van der Waals surface area contributed by atoms with E-state index < -0.39 is 11.9 Å². The molecule has 10 heteroatoms. The lowest BCUT2D eigenvalue weighted by atomic mass is 10.1. The number of halogens is 1. The minimum atomic E-state index is -0.540. The van der Waals surface area contributed by atoms with Gasteiger partial charge in [0, 0.05) is 26.2 Å². The van der Waals surface area contributed by atoms with E-state index in [9.17, 15) is 18.8 Å². The first-order chi connectivity index (χ1) is 15.3. The highest BCUT2D eigenvalue weighted by atomic mass is 19.1. The number of benzene rings is 1. The van der Waals surface area contributed by atoms with Crippen LogP contribution in [0.15, 0.2) is 18.2 Å². The molecule has 0 spiro atoms. The molecule has 0 fully saturated rings. The van der Waals surface area contributed by atoms with Crippen molar-refractivity contribution in [2.24, 2.45) is 5.73 Å². The molecular weight excluding hydrogens is 417 g/mol. The second-order valence-electron chi connectivity index (χ2n) is 7.52. The number of nitrogens with one attached hydrogen (secondary N) is 3.